The van der Waals surface area contributed by atoms with E-state index in [1.54, 1.807) is 0 Å². The van der Waals surface area contributed by atoms with Crippen molar-refractivity contribution >= 4 is 82.5 Å². The highest BCUT2D eigenvalue weighted by Gasteiger charge is 2.25. The number of pyridine rings is 1. The predicted octanol–water partition coefficient (Wildman–Crippen LogP) is 13.6. The zero-order valence-corrected chi connectivity index (χ0v) is 38.1. The topological polar surface area (TPSA) is 53.8 Å². The molecule has 0 aliphatic carbocycles. The van der Waals surface area contributed by atoms with Crippen LogP contribution >= 0.6 is 0 Å². The van der Waals surface area contributed by atoms with Gasteiger partial charge in [-0.25, -0.2) is 9.97 Å². The lowest BCUT2D eigenvalue weighted by atomic mass is 9.88. The molecule has 0 N–H and O–H groups in total. The van der Waals surface area contributed by atoms with E-state index in [-0.39, 0.29) is 5.41 Å². The second-order valence-corrected chi connectivity index (χ2v) is 19.0. The fraction of sp³-hybridized carbons (Fsp3) is 0.0833. The van der Waals surface area contributed by atoms with Crippen molar-refractivity contribution in [2.24, 2.45) is 0 Å². The Labute approximate surface area is 391 Å². The second kappa shape index (κ2) is 14.1. The number of nitrogens with zero attached hydrogens (tertiary/aromatic N) is 8. The Morgan fingerprint density at radius 2 is 1.15 bits per heavy atom. The normalized spacial score (nSPS) is 12.4. The SMILES string of the molecule is Cc1cccc2c1nc1n(-c3cc(C(C)(C)C)ccn3)c3cc4c(cc3n21)c1ccccc1n4-c1cccc(-n2[c-][n+](-c3cccc4c5ccccc5n(-c5ccccc5)c34)c3ccccc32)c1. The summed E-state index contributed by atoms with van der Waals surface area (Å²) in [5.41, 5.74) is 17.4. The van der Waals surface area contributed by atoms with Crippen LogP contribution in [0.4, 0.5) is 0 Å². The van der Waals surface area contributed by atoms with Gasteiger partial charge in [0.2, 0.25) is 5.78 Å². The van der Waals surface area contributed by atoms with Gasteiger partial charge >= 0.3 is 0 Å². The predicted molar refractivity (Wildman–Crippen MR) is 277 cm³/mol. The Kier molecular flexibility index (Phi) is 8.00. The molecule has 0 radical (unpaired) electrons. The monoisotopic (exact) mass is 876 g/mol. The van der Waals surface area contributed by atoms with Crippen molar-refractivity contribution in [3.8, 4) is 28.6 Å². The highest BCUT2D eigenvalue weighted by atomic mass is 15.2. The summed E-state index contributed by atoms with van der Waals surface area (Å²) in [6.45, 7) is 8.88. The summed E-state index contributed by atoms with van der Waals surface area (Å²) in [7, 11) is 0. The molecule has 14 aromatic rings. The third kappa shape index (κ3) is 5.45. The van der Waals surface area contributed by atoms with Crippen LogP contribution in [0.1, 0.15) is 31.9 Å². The summed E-state index contributed by atoms with van der Waals surface area (Å²) in [6.07, 6.45) is 5.80. The number of aryl methyl sites for hydroxylation is 1. The van der Waals surface area contributed by atoms with Crippen molar-refractivity contribution in [1.29, 1.82) is 0 Å². The quantitative estimate of drug-likeness (QED) is 0.128. The number of benzene rings is 8. The van der Waals surface area contributed by atoms with Crippen LogP contribution in [0.2, 0.25) is 0 Å². The maximum absolute atomic E-state index is 5.35. The first-order chi connectivity index (χ1) is 33.3. The molecule has 0 bridgehead atoms. The summed E-state index contributed by atoms with van der Waals surface area (Å²) in [4.78, 5) is 10.4. The molecule has 8 heteroatoms. The summed E-state index contributed by atoms with van der Waals surface area (Å²) in [5.74, 6) is 1.69. The molecule has 6 heterocycles. The molecule has 0 saturated heterocycles. The molecule has 0 aliphatic heterocycles. The number of rotatable bonds is 5. The van der Waals surface area contributed by atoms with E-state index < -0.39 is 0 Å². The van der Waals surface area contributed by atoms with Crippen molar-refractivity contribution in [3.63, 3.8) is 0 Å². The lowest BCUT2D eigenvalue weighted by molar-refractivity contribution is -0.571. The van der Waals surface area contributed by atoms with Crippen LogP contribution in [0.3, 0.4) is 0 Å². The smallest absolute Gasteiger partial charge is 0.269 e. The third-order valence-electron chi connectivity index (χ3n) is 14.0. The lowest BCUT2D eigenvalue weighted by Gasteiger charge is -2.19. The highest BCUT2D eigenvalue weighted by Crippen LogP contribution is 2.40. The van der Waals surface area contributed by atoms with Gasteiger partial charge in [-0.15, -0.1) is 0 Å². The zero-order valence-electron chi connectivity index (χ0n) is 38.1. The Hall–Kier alpha value is -8.75. The van der Waals surface area contributed by atoms with Gasteiger partial charge in [0.25, 0.3) is 6.33 Å². The molecule has 68 heavy (non-hydrogen) atoms. The number of fused-ring (bicyclic) bond motifs is 12. The standard InChI is InChI=1S/C60H44N8/c1-38-17-14-29-51-57(38)62-59-67(51)54-35-46-44-23-9-10-25-47(44)65(53(46)36-55(54)68(59)56-33-39(31-32-61-56)60(2,3)4)42-21-15-20-41(34-42)63-37-64(50-28-13-12-27-49(50)63)52-30-16-24-45-43-22-8-11-26-48(43)66(58(45)52)40-18-6-5-7-19-40/h5-36H,1-4H3. The minimum absolute atomic E-state index is 0.0599. The van der Waals surface area contributed by atoms with E-state index in [2.05, 4.69) is 249 Å². The van der Waals surface area contributed by atoms with Gasteiger partial charge in [0, 0.05) is 39.1 Å². The highest BCUT2D eigenvalue weighted by molar-refractivity contribution is 6.14. The Bertz CT molecular complexity index is 4380. The molecule has 0 unspecified atom stereocenters. The molecule has 0 spiro atoms. The summed E-state index contributed by atoms with van der Waals surface area (Å²) in [5, 5.41) is 4.76. The van der Waals surface area contributed by atoms with Crippen molar-refractivity contribution in [2.75, 3.05) is 0 Å². The van der Waals surface area contributed by atoms with Crippen LogP contribution in [0, 0.1) is 13.3 Å². The van der Waals surface area contributed by atoms with Crippen molar-refractivity contribution in [3.05, 3.63) is 212 Å². The number of hydrogen-bond donors (Lipinski definition) is 0. The number of aromatic nitrogens is 8. The van der Waals surface area contributed by atoms with Crippen molar-refractivity contribution in [2.45, 2.75) is 33.1 Å². The second-order valence-electron chi connectivity index (χ2n) is 19.0. The molecule has 324 valence electrons. The average Bonchev–Trinajstić information content (AvgIpc) is 4.17. The number of hydrogen-bond acceptors (Lipinski definition) is 2. The fourth-order valence-electron chi connectivity index (χ4n) is 10.8. The van der Waals surface area contributed by atoms with E-state index in [1.807, 2.05) is 6.20 Å². The molecule has 8 aromatic carbocycles. The van der Waals surface area contributed by atoms with Gasteiger partial charge in [0.15, 0.2) is 0 Å². The van der Waals surface area contributed by atoms with Gasteiger partial charge in [-0.3, -0.25) is 18.1 Å². The van der Waals surface area contributed by atoms with Crippen LogP contribution in [0.5, 0.6) is 0 Å². The molecular weight excluding hydrogens is 833 g/mol. The largest absolute Gasteiger partial charge is 0.312 e. The number of imidazole rings is 3. The molecule has 0 fully saturated rings. The summed E-state index contributed by atoms with van der Waals surface area (Å²) in [6, 6.07) is 67.7. The minimum atomic E-state index is -0.0599. The first-order valence-corrected chi connectivity index (χ1v) is 23.3. The first kappa shape index (κ1) is 38.5. The van der Waals surface area contributed by atoms with Gasteiger partial charge < -0.3 is 9.13 Å². The van der Waals surface area contributed by atoms with Crippen molar-refractivity contribution < 1.29 is 4.57 Å². The van der Waals surface area contributed by atoms with Gasteiger partial charge in [-0.2, -0.15) is 0 Å². The molecule has 6 aromatic heterocycles. The third-order valence-corrected chi connectivity index (χ3v) is 14.0. The lowest BCUT2D eigenvalue weighted by Crippen LogP contribution is -2.30. The van der Waals surface area contributed by atoms with Gasteiger partial charge in [-0.1, -0.05) is 130 Å². The van der Waals surface area contributed by atoms with E-state index >= 15 is 0 Å². The van der Waals surface area contributed by atoms with Crippen LogP contribution in [-0.4, -0.2) is 32.6 Å². The molecule has 0 aliphatic rings. The fourth-order valence-corrected chi connectivity index (χ4v) is 10.8. The molecular formula is C60H44N8. The Morgan fingerprint density at radius 1 is 0.485 bits per heavy atom. The van der Waals surface area contributed by atoms with Crippen LogP contribution in [0.15, 0.2) is 194 Å². The van der Waals surface area contributed by atoms with Crippen LogP contribution in [-0.2, 0) is 5.41 Å². The van der Waals surface area contributed by atoms with Gasteiger partial charge in [-0.05, 0) is 102 Å². The number of para-hydroxylation sites is 7. The van der Waals surface area contributed by atoms with E-state index in [9.17, 15) is 0 Å². The summed E-state index contributed by atoms with van der Waals surface area (Å²) < 4.78 is 13.8. The van der Waals surface area contributed by atoms with Crippen LogP contribution < -0.4 is 4.57 Å². The Balaban J connectivity index is 1.01. The van der Waals surface area contributed by atoms with E-state index in [1.165, 1.54) is 32.6 Å². The molecule has 8 nitrogen and oxygen atoms in total. The Morgan fingerprint density at radius 3 is 1.97 bits per heavy atom. The average molecular weight is 877 g/mol. The minimum Gasteiger partial charge on any atom is -0.312 e. The van der Waals surface area contributed by atoms with Crippen molar-refractivity contribution in [1.82, 2.24) is 32.6 Å². The molecule has 14 rings (SSSR count). The molecule has 0 atom stereocenters. The van der Waals surface area contributed by atoms with E-state index in [4.69, 9.17) is 9.97 Å². The van der Waals surface area contributed by atoms with E-state index in [0.29, 0.717) is 0 Å². The van der Waals surface area contributed by atoms with Gasteiger partial charge in [0.05, 0.1) is 66.5 Å². The summed E-state index contributed by atoms with van der Waals surface area (Å²) >= 11 is 0. The van der Waals surface area contributed by atoms with Gasteiger partial charge in [0.1, 0.15) is 5.82 Å². The zero-order chi connectivity index (χ0) is 45.4. The molecule has 0 amide bonds. The maximum Gasteiger partial charge on any atom is 0.269 e. The maximum atomic E-state index is 5.35. The van der Waals surface area contributed by atoms with E-state index in [0.717, 1.165) is 89.6 Å². The molecule has 0 saturated carbocycles. The first-order valence-electron chi connectivity index (χ1n) is 23.3. The van der Waals surface area contributed by atoms with Crippen LogP contribution in [0.25, 0.3) is 111 Å².